The molecule has 2 aromatic carbocycles. The van der Waals surface area contributed by atoms with Crippen molar-refractivity contribution in [2.24, 2.45) is 0 Å². The quantitative estimate of drug-likeness (QED) is 0.301. The Morgan fingerprint density at radius 3 is 2.16 bits per heavy atom. The van der Waals surface area contributed by atoms with Crippen LogP contribution in [0.15, 0.2) is 79.1 Å². The smallest absolute Gasteiger partial charge is 0.231 e. The first-order chi connectivity index (χ1) is 17.8. The van der Waals surface area contributed by atoms with Gasteiger partial charge in [-0.3, -0.25) is 14.6 Å². The molecule has 0 bridgehead atoms. The lowest BCUT2D eigenvalue weighted by atomic mass is 9.80. The molecule has 2 unspecified atom stereocenters. The average molecular weight is 520 g/mol. The predicted octanol–water partition coefficient (Wildman–Crippen LogP) is 6.39. The number of pyridine rings is 1. The normalized spacial score (nSPS) is 12.8. The van der Waals surface area contributed by atoms with E-state index in [0.29, 0.717) is 19.4 Å². The molecule has 0 saturated carbocycles. The van der Waals surface area contributed by atoms with E-state index >= 15 is 0 Å². The lowest BCUT2D eigenvalue weighted by molar-refractivity contribution is -0.137. The molecule has 5 nitrogen and oxygen atoms in total. The van der Waals surface area contributed by atoms with Crippen molar-refractivity contribution < 1.29 is 9.59 Å². The number of aryl methyl sites for hydroxylation is 1. The minimum Gasteiger partial charge on any atom is -0.355 e. The van der Waals surface area contributed by atoms with Crippen LogP contribution < -0.4 is 5.32 Å². The predicted molar refractivity (Wildman–Crippen MR) is 151 cm³/mol. The molecule has 196 valence electrons. The Balaban J connectivity index is 1.83. The number of rotatable bonds is 12. The molecule has 0 aliphatic rings. The molecule has 0 fully saturated rings. The van der Waals surface area contributed by atoms with Gasteiger partial charge in [-0.25, -0.2) is 0 Å². The minimum atomic E-state index is -0.482. The van der Waals surface area contributed by atoms with E-state index in [4.69, 9.17) is 11.6 Å². The monoisotopic (exact) mass is 519 g/mol. The van der Waals surface area contributed by atoms with Crippen LogP contribution in [0.2, 0.25) is 5.02 Å². The van der Waals surface area contributed by atoms with Crippen molar-refractivity contribution in [1.82, 2.24) is 15.2 Å². The fourth-order valence-corrected chi connectivity index (χ4v) is 5.18. The number of hydrogen-bond acceptors (Lipinski definition) is 3. The third kappa shape index (κ3) is 7.90. The summed E-state index contributed by atoms with van der Waals surface area (Å²) in [6.45, 7) is 8.50. The molecule has 3 aromatic rings. The van der Waals surface area contributed by atoms with Crippen LogP contribution in [-0.4, -0.2) is 40.3 Å². The molecule has 0 aliphatic carbocycles. The molecule has 0 saturated heterocycles. The number of hydrogen-bond donors (Lipinski definition) is 1. The van der Waals surface area contributed by atoms with Gasteiger partial charge in [0.25, 0.3) is 0 Å². The molecule has 0 radical (unpaired) electrons. The highest BCUT2D eigenvalue weighted by molar-refractivity contribution is 6.31. The van der Waals surface area contributed by atoms with E-state index in [1.807, 2.05) is 99.3 Å². The summed E-state index contributed by atoms with van der Waals surface area (Å²) >= 11 is 6.26. The summed E-state index contributed by atoms with van der Waals surface area (Å²) in [6, 6.07) is 21.6. The zero-order chi connectivity index (χ0) is 26.8. The van der Waals surface area contributed by atoms with Gasteiger partial charge in [0, 0.05) is 48.4 Å². The maximum absolute atomic E-state index is 14.1. The van der Waals surface area contributed by atoms with Crippen LogP contribution in [0.25, 0.3) is 0 Å². The molecule has 0 aliphatic heterocycles. The molecule has 1 heterocycles. The second kappa shape index (κ2) is 13.9. The maximum Gasteiger partial charge on any atom is 0.231 e. The van der Waals surface area contributed by atoms with Gasteiger partial charge >= 0.3 is 0 Å². The van der Waals surface area contributed by atoms with Gasteiger partial charge in [0.15, 0.2) is 0 Å². The van der Waals surface area contributed by atoms with E-state index in [2.05, 4.69) is 10.3 Å². The van der Waals surface area contributed by atoms with E-state index in [-0.39, 0.29) is 29.8 Å². The highest BCUT2D eigenvalue weighted by atomic mass is 35.5. The Bertz CT molecular complexity index is 1130. The van der Waals surface area contributed by atoms with Crippen molar-refractivity contribution in [1.29, 1.82) is 0 Å². The number of carbonyl (C=O) groups excluding carboxylic acids is 2. The third-order valence-electron chi connectivity index (χ3n) is 6.63. The van der Waals surface area contributed by atoms with E-state index in [1.54, 1.807) is 12.4 Å². The Kier molecular flexibility index (Phi) is 10.7. The molecule has 1 aromatic heterocycles. The van der Waals surface area contributed by atoms with Crippen molar-refractivity contribution in [2.75, 3.05) is 6.54 Å². The number of nitrogens with one attached hydrogen (secondary N) is 1. The first kappa shape index (κ1) is 28.4. The zero-order valence-corrected chi connectivity index (χ0v) is 23.0. The largest absolute Gasteiger partial charge is 0.355 e. The van der Waals surface area contributed by atoms with Gasteiger partial charge < -0.3 is 10.2 Å². The molecule has 2 atom stereocenters. The number of carbonyl (C=O) groups is 2. The topological polar surface area (TPSA) is 62.3 Å². The Hall–Kier alpha value is -3.18. The first-order valence-corrected chi connectivity index (χ1v) is 13.4. The van der Waals surface area contributed by atoms with E-state index in [0.717, 1.165) is 28.1 Å². The average Bonchev–Trinajstić information content (AvgIpc) is 2.88. The summed E-state index contributed by atoms with van der Waals surface area (Å²) in [7, 11) is 0. The van der Waals surface area contributed by atoms with Crippen LogP contribution in [-0.2, 0) is 16.0 Å². The van der Waals surface area contributed by atoms with Gasteiger partial charge in [-0.15, -0.1) is 0 Å². The van der Waals surface area contributed by atoms with Crippen molar-refractivity contribution in [2.45, 2.75) is 70.9 Å². The number of benzene rings is 2. The second-order valence-electron chi connectivity index (χ2n) is 9.96. The maximum atomic E-state index is 14.1. The molecular formula is C31H38ClN3O2. The SMILES string of the molecule is CC(C)N(C(=O)C(c1cccnc1)C(CNC(=O)CCCc1ccccc1Cl)c1ccccc1)C(C)C. The van der Waals surface area contributed by atoms with Crippen molar-refractivity contribution in [3.05, 3.63) is 101 Å². The molecular weight excluding hydrogens is 482 g/mol. The van der Waals surface area contributed by atoms with Crippen LogP contribution >= 0.6 is 11.6 Å². The summed E-state index contributed by atoms with van der Waals surface area (Å²) in [6.07, 6.45) is 5.31. The van der Waals surface area contributed by atoms with Gasteiger partial charge in [0.05, 0.1) is 5.92 Å². The van der Waals surface area contributed by atoms with Gasteiger partial charge in [0.1, 0.15) is 0 Å². The molecule has 2 amide bonds. The highest BCUT2D eigenvalue weighted by Crippen LogP contribution is 2.35. The molecule has 6 heteroatoms. The summed E-state index contributed by atoms with van der Waals surface area (Å²) < 4.78 is 0. The van der Waals surface area contributed by atoms with Crippen LogP contribution in [0.1, 0.15) is 69.1 Å². The highest BCUT2D eigenvalue weighted by Gasteiger charge is 2.36. The standard InChI is InChI=1S/C31H38ClN3O2/c1-22(2)35(23(3)4)31(37)30(26-16-11-19-33-20-26)27(24-12-6-5-7-13-24)21-34-29(36)18-10-15-25-14-8-9-17-28(25)32/h5-9,11-14,16-17,19-20,22-23,27,30H,10,15,18,21H2,1-4H3,(H,34,36). The number of amides is 2. The van der Waals surface area contributed by atoms with E-state index < -0.39 is 5.92 Å². The number of halogens is 1. The van der Waals surface area contributed by atoms with Crippen LogP contribution in [0.4, 0.5) is 0 Å². The summed E-state index contributed by atoms with van der Waals surface area (Å²) in [5, 5.41) is 3.85. The number of nitrogens with zero attached hydrogens (tertiary/aromatic N) is 2. The lowest BCUT2D eigenvalue weighted by Crippen LogP contribution is -2.47. The molecule has 37 heavy (non-hydrogen) atoms. The summed E-state index contributed by atoms with van der Waals surface area (Å²) in [5.74, 6) is -0.718. The lowest BCUT2D eigenvalue weighted by Gasteiger charge is -2.37. The second-order valence-corrected chi connectivity index (χ2v) is 10.4. The molecule has 0 spiro atoms. The van der Waals surface area contributed by atoms with Crippen LogP contribution in [0.3, 0.4) is 0 Å². The Morgan fingerprint density at radius 2 is 1.54 bits per heavy atom. The van der Waals surface area contributed by atoms with Crippen LogP contribution in [0, 0.1) is 0 Å². The van der Waals surface area contributed by atoms with Crippen LogP contribution in [0.5, 0.6) is 0 Å². The third-order valence-corrected chi connectivity index (χ3v) is 7.00. The Labute approximate surface area is 226 Å². The van der Waals surface area contributed by atoms with Crippen molar-refractivity contribution in [3.8, 4) is 0 Å². The summed E-state index contributed by atoms with van der Waals surface area (Å²) in [5.41, 5.74) is 2.90. The number of aromatic nitrogens is 1. The first-order valence-electron chi connectivity index (χ1n) is 13.1. The summed E-state index contributed by atoms with van der Waals surface area (Å²) in [4.78, 5) is 33.2. The van der Waals surface area contributed by atoms with E-state index in [1.165, 1.54) is 0 Å². The fourth-order valence-electron chi connectivity index (χ4n) is 4.95. The van der Waals surface area contributed by atoms with Gasteiger partial charge in [-0.1, -0.05) is 66.2 Å². The van der Waals surface area contributed by atoms with Crippen molar-refractivity contribution >= 4 is 23.4 Å². The Morgan fingerprint density at radius 1 is 0.892 bits per heavy atom. The zero-order valence-electron chi connectivity index (χ0n) is 22.2. The van der Waals surface area contributed by atoms with Gasteiger partial charge in [-0.2, -0.15) is 0 Å². The minimum absolute atomic E-state index is 0.0325. The van der Waals surface area contributed by atoms with E-state index in [9.17, 15) is 9.59 Å². The molecule has 3 rings (SSSR count). The van der Waals surface area contributed by atoms with Crippen molar-refractivity contribution in [3.63, 3.8) is 0 Å². The molecule has 1 N–H and O–H groups in total. The van der Waals surface area contributed by atoms with Gasteiger partial charge in [-0.05, 0) is 69.4 Å². The van der Waals surface area contributed by atoms with Gasteiger partial charge in [0.2, 0.25) is 11.8 Å². The fraction of sp³-hybridized carbons (Fsp3) is 0.387.